The topological polar surface area (TPSA) is 51.7 Å². The summed E-state index contributed by atoms with van der Waals surface area (Å²) in [5.41, 5.74) is 1.66. The maximum atomic E-state index is 12.6. The van der Waals surface area contributed by atoms with E-state index in [1.807, 2.05) is 27.7 Å². The van der Waals surface area contributed by atoms with Crippen LogP contribution in [0.3, 0.4) is 0 Å². The van der Waals surface area contributed by atoms with Crippen molar-refractivity contribution in [3.05, 3.63) is 28.5 Å². The van der Waals surface area contributed by atoms with Gasteiger partial charge in [-0.3, -0.25) is 9.78 Å². The molecular formula is C17H24Cl2N2O3. The number of alkyl halides is 1. The summed E-state index contributed by atoms with van der Waals surface area (Å²) in [6, 6.07) is 0. The fourth-order valence-electron chi connectivity index (χ4n) is 2.69. The number of hydrogen-bond acceptors (Lipinski definition) is 4. The third-order valence-electron chi connectivity index (χ3n) is 3.89. The number of aromatic nitrogens is 1. The number of nitrogens with zero attached hydrogens (tertiary/aromatic N) is 2. The summed E-state index contributed by atoms with van der Waals surface area (Å²) in [6.45, 7) is 8.81. The Labute approximate surface area is 153 Å². The Bertz CT molecular complexity index is 593. The zero-order chi connectivity index (χ0) is 17.9. The first-order chi connectivity index (χ1) is 11.2. The molecule has 0 aromatic carbocycles. The molecule has 134 valence electrons. The van der Waals surface area contributed by atoms with Crippen LogP contribution < -0.4 is 0 Å². The summed E-state index contributed by atoms with van der Waals surface area (Å²) in [6.07, 6.45) is 3.11. The van der Waals surface area contributed by atoms with Gasteiger partial charge in [0.1, 0.15) is 6.10 Å². The standard InChI is InChI=1S/C17H24Cl2N2O3/c1-11(2)16(22)21(9-13-10-23-17(3,4)24-13)8-12-6-20-7-15(19)14(12)5-18/h6-7,11,13H,5,8-10H2,1-4H3. The van der Waals surface area contributed by atoms with Crippen LogP contribution in [0.4, 0.5) is 0 Å². The number of carbonyl (C=O) groups is 1. The lowest BCUT2D eigenvalue weighted by Crippen LogP contribution is -2.40. The molecule has 1 aromatic heterocycles. The van der Waals surface area contributed by atoms with Gasteiger partial charge in [-0.2, -0.15) is 0 Å². The first kappa shape index (κ1) is 19.4. The molecular weight excluding hydrogens is 351 g/mol. The van der Waals surface area contributed by atoms with Crippen molar-refractivity contribution in [2.75, 3.05) is 13.2 Å². The maximum absolute atomic E-state index is 12.6. The normalized spacial score (nSPS) is 19.7. The Morgan fingerprint density at radius 3 is 2.71 bits per heavy atom. The number of hydrogen-bond donors (Lipinski definition) is 0. The van der Waals surface area contributed by atoms with Crippen molar-refractivity contribution < 1.29 is 14.3 Å². The van der Waals surface area contributed by atoms with Crippen LogP contribution in [0.25, 0.3) is 0 Å². The second-order valence-corrected chi connectivity index (χ2v) is 7.39. The summed E-state index contributed by atoms with van der Waals surface area (Å²) in [4.78, 5) is 18.5. The lowest BCUT2D eigenvalue weighted by Gasteiger charge is -2.28. The van der Waals surface area contributed by atoms with Crippen molar-refractivity contribution in [1.29, 1.82) is 0 Å². The number of rotatable bonds is 6. The average Bonchev–Trinajstić information content (AvgIpc) is 2.85. The molecule has 1 aromatic rings. The molecule has 7 heteroatoms. The summed E-state index contributed by atoms with van der Waals surface area (Å²) in [5.74, 6) is -0.414. The minimum atomic E-state index is -0.615. The molecule has 0 radical (unpaired) electrons. The molecule has 0 spiro atoms. The third kappa shape index (κ3) is 4.82. The van der Waals surface area contributed by atoms with E-state index in [1.165, 1.54) is 0 Å². The van der Waals surface area contributed by atoms with E-state index < -0.39 is 5.79 Å². The predicted molar refractivity (Wildman–Crippen MR) is 94.0 cm³/mol. The Hall–Kier alpha value is -0.880. The quantitative estimate of drug-likeness (QED) is 0.713. The largest absolute Gasteiger partial charge is 0.348 e. The second kappa shape index (κ2) is 8.00. The highest BCUT2D eigenvalue weighted by Gasteiger charge is 2.35. The predicted octanol–water partition coefficient (Wildman–Crippen LogP) is 3.61. The van der Waals surface area contributed by atoms with E-state index in [-0.39, 0.29) is 23.8 Å². The fraction of sp³-hybridized carbons (Fsp3) is 0.647. The number of carbonyl (C=O) groups excluding carboxylic acids is 1. The lowest BCUT2D eigenvalue weighted by molar-refractivity contribution is -0.148. The highest BCUT2D eigenvalue weighted by atomic mass is 35.5. The van der Waals surface area contributed by atoms with Crippen molar-refractivity contribution in [2.24, 2.45) is 5.92 Å². The van der Waals surface area contributed by atoms with E-state index in [0.717, 1.165) is 11.1 Å². The SMILES string of the molecule is CC(C)C(=O)N(Cc1cncc(Cl)c1CCl)CC1COC(C)(C)O1. The van der Waals surface area contributed by atoms with Gasteiger partial charge in [-0.15, -0.1) is 11.6 Å². The molecule has 24 heavy (non-hydrogen) atoms. The molecule has 0 bridgehead atoms. The summed E-state index contributed by atoms with van der Waals surface area (Å²) in [7, 11) is 0. The number of pyridine rings is 1. The third-order valence-corrected chi connectivity index (χ3v) is 4.48. The summed E-state index contributed by atoms with van der Waals surface area (Å²) >= 11 is 12.2. The van der Waals surface area contributed by atoms with Crippen LogP contribution in [0.1, 0.15) is 38.8 Å². The molecule has 1 aliphatic heterocycles. The molecule has 1 saturated heterocycles. The monoisotopic (exact) mass is 374 g/mol. The van der Waals surface area contributed by atoms with Crippen molar-refractivity contribution >= 4 is 29.1 Å². The Morgan fingerprint density at radius 1 is 1.46 bits per heavy atom. The molecule has 0 aliphatic carbocycles. The molecule has 1 amide bonds. The second-order valence-electron chi connectivity index (χ2n) is 6.72. The van der Waals surface area contributed by atoms with E-state index in [1.54, 1.807) is 17.3 Å². The minimum Gasteiger partial charge on any atom is -0.348 e. The van der Waals surface area contributed by atoms with Gasteiger partial charge in [0.2, 0.25) is 5.91 Å². The molecule has 1 fully saturated rings. The van der Waals surface area contributed by atoms with Crippen LogP contribution >= 0.6 is 23.2 Å². The highest BCUT2D eigenvalue weighted by Crippen LogP contribution is 2.26. The first-order valence-corrected chi connectivity index (χ1v) is 8.92. The van der Waals surface area contributed by atoms with Gasteiger partial charge in [0.05, 0.1) is 11.6 Å². The number of amides is 1. The molecule has 1 aliphatic rings. The van der Waals surface area contributed by atoms with E-state index in [0.29, 0.717) is 24.7 Å². The van der Waals surface area contributed by atoms with Gasteiger partial charge in [-0.1, -0.05) is 25.4 Å². The van der Waals surface area contributed by atoms with Gasteiger partial charge >= 0.3 is 0 Å². The zero-order valence-corrected chi connectivity index (χ0v) is 16.0. The molecule has 1 atom stereocenters. The van der Waals surface area contributed by atoms with Gasteiger partial charge in [0.25, 0.3) is 0 Å². The van der Waals surface area contributed by atoms with E-state index in [2.05, 4.69) is 4.98 Å². The van der Waals surface area contributed by atoms with E-state index in [9.17, 15) is 4.79 Å². The maximum Gasteiger partial charge on any atom is 0.225 e. The minimum absolute atomic E-state index is 0.0452. The van der Waals surface area contributed by atoms with E-state index in [4.69, 9.17) is 32.7 Å². The van der Waals surface area contributed by atoms with Crippen LogP contribution in [-0.2, 0) is 26.7 Å². The fourth-order valence-corrected chi connectivity index (χ4v) is 3.32. The number of ether oxygens (including phenoxy) is 2. The smallest absolute Gasteiger partial charge is 0.225 e. The molecule has 0 N–H and O–H groups in total. The van der Waals surface area contributed by atoms with Gasteiger partial charge in [0.15, 0.2) is 5.79 Å². The van der Waals surface area contributed by atoms with Gasteiger partial charge in [0, 0.05) is 37.3 Å². The molecule has 1 unspecified atom stereocenters. The number of halogens is 2. The van der Waals surface area contributed by atoms with Gasteiger partial charge < -0.3 is 14.4 Å². The molecule has 2 heterocycles. The van der Waals surface area contributed by atoms with Crippen LogP contribution in [0, 0.1) is 5.92 Å². The van der Waals surface area contributed by atoms with Gasteiger partial charge in [-0.05, 0) is 25.0 Å². The van der Waals surface area contributed by atoms with Crippen LogP contribution in [0.2, 0.25) is 5.02 Å². The Balaban J connectivity index is 2.18. The summed E-state index contributed by atoms with van der Waals surface area (Å²) < 4.78 is 11.4. The van der Waals surface area contributed by atoms with Crippen molar-refractivity contribution in [2.45, 2.75) is 52.0 Å². The van der Waals surface area contributed by atoms with E-state index >= 15 is 0 Å². The van der Waals surface area contributed by atoms with Crippen LogP contribution in [0.15, 0.2) is 12.4 Å². The molecule has 5 nitrogen and oxygen atoms in total. The highest BCUT2D eigenvalue weighted by molar-refractivity contribution is 6.32. The lowest BCUT2D eigenvalue weighted by atomic mass is 10.1. The van der Waals surface area contributed by atoms with Crippen LogP contribution in [0.5, 0.6) is 0 Å². The van der Waals surface area contributed by atoms with Gasteiger partial charge in [-0.25, -0.2) is 0 Å². The van der Waals surface area contributed by atoms with Crippen molar-refractivity contribution in [3.8, 4) is 0 Å². The molecule has 0 saturated carbocycles. The zero-order valence-electron chi connectivity index (χ0n) is 14.5. The summed E-state index contributed by atoms with van der Waals surface area (Å²) in [5, 5.41) is 0.515. The molecule has 2 rings (SSSR count). The Kier molecular flexibility index (Phi) is 6.48. The Morgan fingerprint density at radius 2 is 2.17 bits per heavy atom. The van der Waals surface area contributed by atoms with Crippen LogP contribution in [-0.4, -0.2) is 40.8 Å². The average molecular weight is 375 g/mol. The van der Waals surface area contributed by atoms with Crippen molar-refractivity contribution in [1.82, 2.24) is 9.88 Å². The van der Waals surface area contributed by atoms with Crippen molar-refractivity contribution in [3.63, 3.8) is 0 Å². The first-order valence-electron chi connectivity index (χ1n) is 8.01.